The van der Waals surface area contributed by atoms with Gasteiger partial charge in [-0.15, -0.1) is 0 Å². The molecule has 0 atom stereocenters. The van der Waals surface area contributed by atoms with E-state index in [1.807, 2.05) is 19.1 Å². The van der Waals surface area contributed by atoms with Crippen LogP contribution >= 0.6 is 0 Å². The fraction of sp³-hybridized carbons (Fsp3) is 0.579. The van der Waals surface area contributed by atoms with Gasteiger partial charge in [-0.1, -0.05) is 36.7 Å². The van der Waals surface area contributed by atoms with E-state index in [2.05, 4.69) is 28.9 Å². The van der Waals surface area contributed by atoms with Crippen molar-refractivity contribution in [2.45, 2.75) is 45.1 Å². The zero-order chi connectivity index (χ0) is 19.4. The number of hydrogen-bond acceptors (Lipinski definition) is 6. The normalized spacial score (nSPS) is 17.3. The summed E-state index contributed by atoms with van der Waals surface area (Å²) in [5, 5.41) is 4.03. The van der Waals surface area contributed by atoms with E-state index in [1.165, 1.54) is 0 Å². The van der Waals surface area contributed by atoms with Crippen molar-refractivity contribution in [2.24, 2.45) is 5.92 Å². The van der Waals surface area contributed by atoms with Crippen LogP contribution in [0.25, 0.3) is 0 Å². The van der Waals surface area contributed by atoms with Gasteiger partial charge in [-0.25, -0.2) is 8.42 Å². The molecule has 2 heterocycles. The number of aromatic nitrogens is 2. The van der Waals surface area contributed by atoms with E-state index in [0.717, 1.165) is 30.8 Å². The number of rotatable bonds is 6. The van der Waals surface area contributed by atoms with E-state index in [9.17, 15) is 8.42 Å². The average Bonchev–Trinajstić information content (AvgIpc) is 2.89. The predicted octanol–water partition coefficient (Wildman–Crippen LogP) is 2.47. The molecule has 148 valence electrons. The molecule has 3 rings (SSSR count). The minimum Gasteiger partial charge on any atom is -0.338 e. The molecule has 0 N–H and O–H groups in total. The van der Waals surface area contributed by atoms with Gasteiger partial charge in [0.05, 0.1) is 11.4 Å². The van der Waals surface area contributed by atoms with Gasteiger partial charge in [0.25, 0.3) is 0 Å². The molecule has 0 amide bonds. The first kappa shape index (κ1) is 20.0. The van der Waals surface area contributed by atoms with Crippen molar-refractivity contribution >= 4 is 10.0 Å². The summed E-state index contributed by atoms with van der Waals surface area (Å²) in [6.45, 7) is 9.18. The van der Waals surface area contributed by atoms with E-state index >= 15 is 0 Å². The molecule has 7 nitrogen and oxygen atoms in total. The SMILES string of the molecule is Cc1ccc(S(=O)(=O)N2CCCN(Cc3nc(CC(C)C)no3)CC2)cc1. The molecule has 8 heteroatoms. The van der Waals surface area contributed by atoms with Crippen LogP contribution in [-0.4, -0.2) is 53.9 Å². The molecule has 0 bridgehead atoms. The highest BCUT2D eigenvalue weighted by atomic mass is 32.2. The van der Waals surface area contributed by atoms with Crippen LogP contribution in [0, 0.1) is 12.8 Å². The second kappa shape index (κ2) is 8.50. The summed E-state index contributed by atoms with van der Waals surface area (Å²) in [5.41, 5.74) is 1.05. The number of hydrogen-bond donors (Lipinski definition) is 0. The highest BCUT2D eigenvalue weighted by molar-refractivity contribution is 7.89. The largest absolute Gasteiger partial charge is 0.338 e. The third-order valence-corrected chi connectivity index (χ3v) is 6.58. The van der Waals surface area contributed by atoms with Crippen molar-refractivity contribution in [3.63, 3.8) is 0 Å². The van der Waals surface area contributed by atoms with Crippen LogP contribution in [0.15, 0.2) is 33.7 Å². The van der Waals surface area contributed by atoms with Crippen LogP contribution in [0.3, 0.4) is 0 Å². The summed E-state index contributed by atoms with van der Waals surface area (Å²) >= 11 is 0. The van der Waals surface area contributed by atoms with Gasteiger partial charge in [-0.05, 0) is 37.9 Å². The number of benzene rings is 1. The van der Waals surface area contributed by atoms with Gasteiger partial charge < -0.3 is 4.52 Å². The van der Waals surface area contributed by atoms with Gasteiger partial charge in [0, 0.05) is 26.1 Å². The zero-order valence-corrected chi connectivity index (χ0v) is 17.1. The maximum atomic E-state index is 12.9. The minimum atomic E-state index is -3.45. The van der Waals surface area contributed by atoms with Crippen LogP contribution in [0.1, 0.15) is 37.5 Å². The van der Waals surface area contributed by atoms with Crippen molar-refractivity contribution in [3.05, 3.63) is 41.5 Å². The molecule has 0 saturated carbocycles. The van der Waals surface area contributed by atoms with Crippen LogP contribution in [-0.2, 0) is 23.0 Å². The minimum absolute atomic E-state index is 0.358. The summed E-state index contributed by atoms with van der Waals surface area (Å²) in [5.74, 6) is 1.81. The van der Waals surface area contributed by atoms with Crippen molar-refractivity contribution in [2.75, 3.05) is 26.2 Å². The van der Waals surface area contributed by atoms with Gasteiger partial charge in [-0.3, -0.25) is 4.90 Å². The van der Waals surface area contributed by atoms with Crippen molar-refractivity contribution in [1.82, 2.24) is 19.3 Å². The van der Waals surface area contributed by atoms with Crippen LogP contribution in [0.4, 0.5) is 0 Å². The molecular formula is C19H28N4O3S. The van der Waals surface area contributed by atoms with Crippen molar-refractivity contribution in [3.8, 4) is 0 Å². The molecule has 27 heavy (non-hydrogen) atoms. The highest BCUT2D eigenvalue weighted by Gasteiger charge is 2.27. The molecule has 1 saturated heterocycles. The van der Waals surface area contributed by atoms with Crippen LogP contribution in [0.2, 0.25) is 0 Å². The molecule has 1 aliphatic rings. The topological polar surface area (TPSA) is 79.5 Å². The first-order valence-electron chi connectivity index (χ1n) is 9.45. The number of sulfonamides is 1. The fourth-order valence-corrected chi connectivity index (χ4v) is 4.67. The Hall–Kier alpha value is -1.77. The molecule has 0 unspecified atom stereocenters. The Balaban J connectivity index is 1.61. The summed E-state index contributed by atoms with van der Waals surface area (Å²) in [4.78, 5) is 6.98. The summed E-state index contributed by atoms with van der Waals surface area (Å²) in [6.07, 6.45) is 1.57. The molecule has 1 aromatic carbocycles. The second-order valence-electron chi connectivity index (χ2n) is 7.55. The van der Waals surface area contributed by atoms with Gasteiger partial charge >= 0.3 is 0 Å². The Bertz CT molecular complexity index is 846. The fourth-order valence-electron chi connectivity index (χ4n) is 3.20. The Morgan fingerprint density at radius 2 is 1.85 bits per heavy atom. The van der Waals surface area contributed by atoms with E-state index in [4.69, 9.17) is 4.52 Å². The average molecular weight is 393 g/mol. The maximum Gasteiger partial charge on any atom is 0.243 e. The summed E-state index contributed by atoms with van der Waals surface area (Å²) in [6, 6.07) is 7.03. The van der Waals surface area contributed by atoms with Gasteiger partial charge in [0.2, 0.25) is 15.9 Å². The molecule has 0 spiro atoms. The van der Waals surface area contributed by atoms with E-state index in [1.54, 1.807) is 16.4 Å². The van der Waals surface area contributed by atoms with Crippen molar-refractivity contribution in [1.29, 1.82) is 0 Å². The molecule has 0 aliphatic carbocycles. The lowest BCUT2D eigenvalue weighted by Crippen LogP contribution is -2.35. The van der Waals surface area contributed by atoms with Gasteiger partial charge in [0.15, 0.2) is 5.82 Å². The lowest BCUT2D eigenvalue weighted by Gasteiger charge is -2.21. The first-order valence-corrected chi connectivity index (χ1v) is 10.9. The zero-order valence-electron chi connectivity index (χ0n) is 16.3. The lowest BCUT2D eigenvalue weighted by molar-refractivity contribution is 0.235. The van der Waals surface area contributed by atoms with Crippen LogP contribution in [0.5, 0.6) is 0 Å². The van der Waals surface area contributed by atoms with E-state index in [0.29, 0.717) is 42.9 Å². The lowest BCUT2D eigenvalue weighted by atomic mass is 10.1. The van der Waals surface area contributed by atoms with Crippen molar-refractivity contribution < 1.29 is 12.9 Å². The number of nitrogens with zero attached hydrogens (tertiary/aromatic N) is 4. The Morgan fingerprint density at radius 1 is 1.11 bits per heavy atom. The van der Waals surface area contributed by atoms with E-state index < -0.39 is 10.0 Å². The smallest absolute Gasteiger partial charge is 0.243 e. The third-order valence-electron chi connectivity index (χ3n) is 4.67. The van der Waals surface area contributed by atoms with E-state index in [-0.39, 0.29) is 0 Å². The molecular weight excluding hydrogens is 364 g/mol. The summed E-state index contributed by atoms with van der Waals surface area (Å²) < 4.78 is 32.7. The second-order valence-corrected chi connectivity index (χ2v) is 9.49. The molecule has 1 aliphatic heterocycles. The van der Waals surface area contributed by atoms with Gasteiger partial charge in [-0.2, -0.15) is 9.29 Å². The molecule has 2 aromatic rings. The number of aryl methyl sites for hydroxylation is 1. The highest BCUT2D eigenvalue weighted by Crippen LogP contribution is 2.19. The molecule has 0 radical (unpaired) electrons. The monoisotopic (exact) mass is 392 g/mol. The molecule has 1 fully saturated rings. The first-order chi connectivity index (χ1) is 12.8. The third kappa shape index (κ3) is 5.15. The predicted molar refractivity (Wildman–Crippen MR) is 103 cm³/mol. The Morgan fingerprint density at radius 3 is 2.56 bits per heavy atom. The Labute approximate surface area is 161 Å². The van der Waals surface area contributed by atoms with Gasteiger partial charge in [0.1, 0.15) is 0 Å². The standard InChI is InChI=1S/C19H28N4O3S/c1-15(2)13-18-20-19(26-21-18)14-22-9-4-10-23(12-11-22)27(24,25)17-7-5-16(3)6-8-17/h5-8,15H,4,9-14H2,1-3H3. The maximum absolute atomic E-state index is 12.9. The quantitative estimate of drug-likeness (QED) is 0.751. The summed E-state index contributed by atoms with van der Waals surface area (Å²) in [7, 11) is -3.45. The molecule has 1 aromatic heterocycles. The van der Waals surface area contributed by atoms with Crippen LogP contribution < -0.4 is 0 Å². The Kier molecular flexibility index (Phi) is 6.29.